The molecule has 2 rings (SSSR count). The summed E-state index contributed by atoms with van der Waals surface area (Å²) in [5.74, 6) is -0.813. The maximum atomic E-state index is 13.6. The Bertz CT molecular complexity index is 542. The fourth-order valence-corrected chi connectivity index (χ4v) is 3.81. The summed E-state index contributed by atoms with van der Waals surface area (Å²) in [6.07, 6.45) is 4.07. The van der Waals surface area contributed by atoms with Crippen molar-refractivity contribution in [2.45, 2.75) is 37.5 Å². The Morgan fingerprint density at radius 2 is 2.11 bits per heavy atom. The molecule has 106 valence electrons. The number of anilines is 1. The lowest BCUT2D eigenvalue weighted by Gasteiger charge is -2.41. The predicted molar refractivity (Wildman–Crippen MR) is 72.6 cm³/mol. The number of nitrogens with two attached hydrogens (primary N) is 1. The molecule has 4 nitrogen and oxygen atoms in total. The van der Waals surface area contributed by atoms with Gasteiger partial charge in [0.2, 0.25) is 10.0 Å². The molecule has 1 aliphatic carbocycles. The van der Waals surface area contributed by atoms with E-state index in [4.69, 9.17) is 5.73 Å². The van der Waals surface area contributed by atoms with Crippen molar-refractivity contribution in [3.63, 3.8) is 0 Å². The van der Waals surface area contributed by atoms with Crippen LogP contribution in [-0.2, 0) is 10.0 Å². The predicted octanol–water partition coefficient (Wildman–Crippen LogP) is 2.27. The van der Waals surface area contributed by atoms with E-state index in [9.17, 15) is 12.8 Å². The normalized spacial score (nSPS) is 18.0. The smallest absolute Gasteiger partial charge is 0.245 e. The molecular formula is C13H19FN2O2S. The van der Waals surface area contributed by atoms with Gasteiger partial charge in [0, 0.05) is 6.54 Å². The maximum Gasteiger partial charge on any atom is 0.245 e. The van der Waals surface area contributed by atoms with Crippen LogP contribution in [0.2, 0.25) is 0 Å². The quantitative estimate of drug-likeness (QED) is 0.816. The van der Waals surface area contributed by atoms with Crippen LogP contribution < -0.4 is 10.5 Å². The van der Waals surface area contributed by atoms with Gasteiger partial charge in [-0.3, -0.25) is 0 Å². The van der Waals surface area contributed by atoms with Gasteiger partial charge in [0.1, 0.15) is 10.7 Å². The SMILES string of the molecule is CCC1(CNS(=O)(=O)c2c(N)cccc2F)CCC1. The molecular weight excluding hydrogens is 267 g/mol. The van der Waals surface area contributed by atoms with Crippen molar-refractivity contribution in [1.82, 2.24) is 4.72 Å². The molecule has 0 amide bonds. The Morgan fingerprint density at radius 1 is 1.42 bits per heavy atom. The third-order valence-electron chi connectivity index (χ3n) is 4.07. The van der Waals surface area contributed by atoms with E-state index in [2.05, 4.69) is 4.72 Å². The minimum Gasteiger partial charge on any atom is -0.398 e. The number of nitrogens with one attached hydrogen (secondary N) is 1. The third-order valence-corrected chi connectivity index (χ3v) is 5.56. The molecule has 1 aromatic carbocycles. The molecule has 1 aliphatic rings. The van der Waals surface area contributed by atoms with Gasteiger partial charge in [-0.2, -0.15) is 0 Å². The van der Waals surface area contributed by atoms with Crippen LogP contribution in [0.1, 0.15) is 32.6 Å². The minimum atomic E-state index is -3.89. The molecule has 0 aromatic heterocycles. The Hall–Kier alpha value is -1.14. The maximum absolute atomic E-state index is 13.6. The van der Waals surface area contributed by atoms with Gasteiger partial charge in [-0.25, -0.2) is 17.5 Å². The zero-order valence-electron chi connectivity index (χ0n) is 10.9. The van der Waals surface area contributed by atoms with Gasteiger partial charge in [-0.15, -0.1) is 0 Å². The van der Waals surface area contributed by atoms with Crippen molar-refractivity contribution >= 4 is 15.7 Å². The first kappa shape index (κ1) is 14.3. The van der Waals surface area contributed by atoms with Gasteiger partial charge in [0.05, 0.1) is 5.69 Å². The average molecular weight is 286 g/mol. The van der Waals surface area contributed by atoms with E-state index in [1.165, 1.54) is 12.1 Å². The summed E-state index contributed by atoms with van der Waals surface area (Å²) in [6, 6.07) is 3.88. The first-order valence-electron chi connectivity index (χ1n) is 6.44. The Balaban J connectivity index is 2.19. The van der Waals surface area contributed by atoms with Gasteiger partial charge in [0.25, 0.3) is 0 Å². The highest BCUT2D eigenvalue weighted by Crippen LogP contribution is 2.43. The van der Waals surface area contributed by atoms with Crippen molar-refractivity contribution in [2.24, 2.45) is 5.41 Å². The number of halogens is 1. The number of benzene rings is 1. The lowest BCUT2D eigenvalue weighted by atomic mass is 9.67. The van der Waals surface area contributed by atoms with Crippen LogP contribution >= 0.6 is 0 Å². The lowest BCUT2D eigenvalue weighted by molar-refractivity contribution is 0.133. The van der Waals surface area contributed by atoms with Crippen molar-refractivity contribution < 1.29 is 12.8 Å². The number of sulfonamides is 1. The summed E-state index contributed by atoms with van der Waals surface area (Å²) in [7, 11) is -3.89. The number of nitrogen functional groups attached to an aromatic ring is 1. The third kappa shape index (κ3) is 2.74. The summed E-state index contributed by atoms with van der Waals surface area (Å²) in [5.41, 5.74) is 5.54. The molecule has 1 saturated carbocycles. The lowest BCUT2D eigenvalue weighted by Crippen LogP contribution is -2.41. The second kappa shape index (κ2) is 5.09. The van der Waals surface area contributed by atoms with E-state index in [0.29, 0.717) is 6.54 Å². The topological polar surface area (TPSA) is 72.2 Å². The second-order valence-corrected chi connectivity index (χ2v) is 6.89. The first-order valence-corrected chi connectivity index (χ1v) is 7.92. The summed E-state index contributed by atoms with van der Waals surface area (Å²) < 4.78 is 40.4. The van der Waals surface area contributed by atoms with Gasteiger partial charge >= 0.3 is 0 Å². The van der Waals surface area contributed by atoms with Gasteiger partial charge < -0.3 is 5.73 Å². The summed E-state index contributed by atoms with van der Waals surface area (Å²) in [4.78, 5) is -0.444. The monoisotopic (exact) mass is 286 g/mol. The van der Waals surface area contributed by atoms with E-state index in [0.717, 1.165) is 31.7 Å². The standard InChI is InChI=1S/C13H19FN2O2S/c1-2-13(7-4-8-13)9-16-19(17,18)12-10(14)5-3-6-11(12)15/h3,5-6,16H,2,4,7-9,15H2,1H3. The van der Waals surface area contributed by atoms with Crippen molar-refractivity contribution in [1.29, 1.82) is 0 Å². The van der Waals surface area contributed by atoms with Crippen molar-refractivity contribution in [3.05, 3.63) is 24.0 Å². The van der Waals surface area contributed by atoms with E-state index < -0.39 is 20.7 Å². The van der Waals surface area contributed by atoms with Crippen LogP contribution in [0.15, 0.2) is 23.1 Å². The van der Waals surface area contributed by atoms with Crippen molar-refractivity contribution in [2.75, 3.05) is 12.3 Å². The molecule has 19 heavy (non-hydrogen) atoms. The second-order valence-electron chi connectivity index (χ2n) is 5.19. The zero-order chi connectivity index (χ0) is 14.1. The van der Waals surface area contributed by atoms with Crippen LogP contribution in [0.25, 0.3) is 0 Å². The Kier molecular flexibility index (Phi) is 3.82. The molecule has 0 heterocycles. The molecule has 0 radical (unpaired) electrons. The highest BCUT2D eigenvalue weighted by molar-refractivity contribution is 7.89. The molecule has 0 bridgehead atoms. The minimum absolute atomic E-state index is 0.0348. The Labute approximate surface area is 113 Å². The zero-order valence-corrected chi connectivity index (χ0v) is 11.8. The molecule has 3 N–H and O–H groups in total. The molecule has 0 unspecified atom stereocenters. The molecule has 0 atom stereocenters. The number of hydrogen-bond donors (Lipinski definition) is 2. The van der Waals surface area contributed by atoms with Crippen LogP contribution in [0.4, 0.5) is 10.1 Å². The van der Waals surface area contributed by atoms with E-state index >= 15 is 0 Å². The summed E-state index contributed by atoms with van der Waals surface area (Å²) >= 11 is 0. The average Bonchev–Trinajstić information content (AvgIpc) is 2.27. The van der Waals surface area contributed by atoms with Gasteiger partial charge in [-0.1, -0.05) is 19.4 Å². The van der Waals surface area contributed by atoms with Crippen molar-refractivity contribution in [3.8, 4) is 0 Å². The fraction of sp³-hybridized carbons (Fsp3) is 0.538. The van der Waals surface area contributed by atoms with E-state index in [1.807, 2.05) is 6.92 Å². The largest absolute Gasteiger partial charge is 0.398 e. The summed E-state index contributed by atoms with van der Waals surface area (Å²) in [5, 5.41) is 0. The first-order chi connectivity index (χ1) is 8.90. The van der Waals surface area contributed by atoms with Crippen LogP contribution in [0, 0.1) is 11.2 Å². The molecule has 1 aromatic rings. The van der Waals surface area contributed by atoms with Crippen LogP contribution in [0.5, 0.6) is 0 Å². The van der Waals surface area contributed by atoms with Crippen LogP contribution in [-0.4, -0.2) is 15.0 Å². The molecule has 6 heteroatoms. The fourth-order valence-electron chi connectivity index (χ4n) is 2.46. The van der Waals surface area contributed by atoms with Gasteiger partial charge in [0.15, 0.2) is 0 Å². The van der Waals surface area contributed by atoms with E-state index in [-0.39, 0.29) is 11.1 Å². The van der Waals surface area contributed by atoms with E-state index in [1.54, 1.807) is 0 Å². The Morgan fingerprint density at radius 3 is 2.58 bits per heavy atom. The molecule has 1 fully saturated rings. The highest BCUT2D eigenvalue weighted by Gasteiger charge is 2.36. The number of rotatable bonds is 5. The summed E-state index contributed by atoms with van der Waals surface area (Å²) in [6.45, 7) is 2.39. The van der Waals surface area contributed by atoms with Crippen LogP contribution in [0.3, 0.4) is 0 Å². The number of hydrogen-bond acceptors (Lipinski definition) is 3. The highest BCUT2D eigenvalue weighted by atomic mass is 32.2. The molecule has 0 spiro atoms. The molecule has 0 aliphatic heterocycles. The van der Waals surface area contributed by atoms with Gasteiger partial charge in [-0.05, 0) is 36.8 Å². The molecule has 0 saturated heterocycles.